The normalized spacial score (nSPS) is 15.6. The summed E-state index contributed by atoms with van der Waals surface area (Å²) >= 11 is 0. The SMILES string of the molecule is CC(C)(C)OC(=O)N[C@@H](Cc1ccc(OC(C)(C)C)cc1)C(=O)NCC1c2ccccc2CCN1C(=O)[C@H](Cc1ccc(OC(C)(C)C)cc1)NC(=O)OC(C)(C)C. The van der Waals surface area contributed by atoms with Gasteiger partial charge in [0.15, 0.2) is 0 Å². The van der Waals surface area contributed by atoms with Crippen LogP contribution in [0.2, 0.25) is 0 Å². The Balaban J connectivity index is 1.61. The zero-order chi connectivity index (χ0) is 43.1. The highest BCUT2D eigenvalue weighted by molar-refractivity contribution is 5.88. The quantitative estimate of drug-likeness (QED) is 0.168. The van der Waals surface area contributed by atoms with E-state index in [-0.39, 0.29) is 36.5 Å². The van der Waals surface area contributed by atoms with Crippen LogP contribution >= 0.6 is 0 Å². The molecule has 0 bridgehead atoms. The number of fused-ring (bicyclic) bond motifs is 1. The molecule has 1 heterocycles. The number of carbonyl (C=O) groups is 4. The van der Waals surface area contributed by atoms with Crippen molar-refractivity contribution in [3.63, 3.8) is 0 Å². The molecular weight excluding hydrogens is 737 g/mol. The average molecular weight is 801 g/mol. The van der Waals surface area contributed by atoms with Gasteiger partial charge in [0, 0.05) is 25.9 Å². The maximum atomic E-state index is 14.7. The lowest BCUT2D eigenvalue weighted by atomic mass is 9.91. The van der Waals surface area contributed by atoms with Gasteiger partial charge in [-0.1, -0.05) is 48.5 Å². The van der Waals surface area contributed by atoms with E-state index in [9.17, 15) is 19.2 Å². The molecule has 0 aliphatic carbocycles. The van der Waals surface area contributed by atoms with Crippen LogP contribution in [0.1, 0.15) is 111 Å². The van der Waals surface area contributed by atoms with Crippen LogP contribution in [0.4, 0.5) is 9.59 Å². The van der Waals surface area contributed by atoms with Gasteiger partial charge in [-0.15, -0.1) is 0 Å². The van der Waals surface area contributed by atoms with E-state index in [1.165, 1.54) is 0 Å². The Morgan fingerprint density at radius 3 is 1.53 bits per heavy atom. The second kappa shape index (κ2) is 18.6. The number of alkyl carbamates (subject to hydrolysis) is 2. The Morgan fingerprint density at radius 2 is 1.07 bits per heavy atom. The fourth-order valence-corrected chi connectivity index (χ4v) is 6.53. The number of amides is 4. The summed E-state index contributed by atoms with van der Waals surface area (Å²) in [5.41, 5.74) is 1.21. The van der Waals surface area contributed by atoms with Crippen molar-refractivity contribution in [2.75, 3.05) is 13.1 Å². The summed E-state index contributed by atoms with van der Waals surface area (Å²) in [7, 11) is 0. The highest BCUT2D eigenvalue weighted by atomic mass is 16.6. The Kier molecular flexibility index (Phi) is 14.5. The van der Waals surface area contributed by atoms with E-state index in [2.05, 4.69) is 16.0 Å². The second-order valence-electron chi connectivity index (χ2n) is 18.8. The van der Waals surface area contributed by atoms with Crippen molar-refractivity contribution in [2.45, 2.75) is 143 Å². The van der Waals surface area contributed by atoms with Crippen LogP contribution in [0.15, 0.2) is 72.8 Å². The summed E-state index contributed by atoms with van der Waals surface area (Å²) < 4.78 is 23.1. The first kappa shape index (κ1) is 45.4. The maximum Gasteiger partial charge on any atom is 0.408 e. The molecule has 4 amide bonds. The fraction of sp³-hybridized carbons (Fsp3) is 0.522. The van der Waals surface area contributed by atoms with E-state index in [4.69, 9.17) is 18.9 Å². The molecule has 3 aromatic rings. The van der Waals surface area contributed by atoms with Crippen molar-refractivity contribution in [3.05, 3.63) is 95.1 Å². The van der Waals surface area contributed by atoms with Crippen LogP contribution in [0, 0.1) is 0 Å². The Hall–Kier alpha value is -5.26. The molecule has 58 heavy (non-hydrogen) atoms. The smallest absolute Gasteiger partial charge is 0.408 e. The van der Waals surface area contributed by atoms with E-state index >= 15 is 0 Å². The van der Waals surface area contributed by atoms with Gasteiger partial charge >= 0.3 is 12.2 Å². The fourth-order valence-electron chi connectivity index (χ4n) is 6.53. The van der Waals surface area contributed by atoms with Gasteiger partial charge in [0.1, 0.15) is 46.0 Å². The van der Waals surface area contributed by atoms with Gasteiger partial charge < -0.3 is 39.8 Å². The number of nitrogens with zero attached hydrogens (tertiary/aromatic N) is 1. The largest absolute Gasteiger partial charge is 0.488 e. The third-order valence-electron chi connectivity index (χ3n) is 8.74. The number of nitrogens with one attached hydrogen (secondary N) is 3. The molecule has 0 saturated heterocycles. The molecule has 1 aliphatic heterocycles. The summed E-state index contributed by atoms with van der Waals surface area (Å²) in [6.07, 6.45) is -0.495. The van der Waals surface area contributed by atoms with Gasteiger partial charge in [0.05, 0.1) is 6.04 Å². The Bertz CT molecular complexity index is 1870. The highest BCUT2D eigenvalue weighted by Crippen LogP contribution is 2.31. The number of benzene rings is 3. The van der Waals surface area contributed by atoms with Gasteiger partial charge in [0.25, 0.3) is 0 Å². The van der Waals surface area contributed by atoms with Crippen LogP contribution < -0.4 is 25.4 Å². The molecule has 4 rings (SSSR count). The molecule has 0 radical (unpaired) electrons. The molecule has 0 fully saturated rings. The summed E-state index contributed by atoms with van der Waals surface area (Å²) in [6.45, 7) is 22.7. The Labute approximate surface area is 344 Å². The van der Waals surface area contributed by atoms with Crippen molar-refractivity contribution in [1.29, 1.82) is 0 Å². The predicted molar refractivity (Wildman–Crippen MR) is 225 cm³/mol. The molecule has 1 aliphatic rings. The number of rotatable bonds is 12. The standard InChI is InChI=1S/C46H64N4O8/c1-43(2,3)55-33-21-17-30(18-22-33)27-36(48-41(53)57-45(7,8)9)39(51)47-29-38-35-16-14-13-15-32(35)25-26-50(38)40(52)37(49-42(54)58-46(10,11)12)28-31-19-23-34(24-20-31)56-44(4,5)6/h13-24,36-38H,25-29H2,1-12H3,(H,47,51)(H,48,53)(H,49,54)/t36-,37-,38?/m0/s1. The lowest BCUT2D eigenvalue weighted by Crippen LogP contribution is -2.55. The molecule has 12 heteroatoms. The zero-order valence-corrected chi connectivity index (χ0v) is 36.4. The van der Waals surface area contributed by atoms with Gasteiger partial charge in [-0.3, -0.25) is 9.59 Å². The lowest BCUT2D eigenvalue weighted by molar-refractivity contribution is -0.137. The summed E-state index contributed by atoms with van der Waals surface area (Å²) in [6, 6.07) is 20.1. The minimum atomic E-state index is -1.00. The second-order valence-corrected chi connectivity index (χ2v) is 18.8. The summed E-state index contributed by atoms with van der Waals surface area (Å²) in [4.78, 5) is 56.8. The molecule has 316 valence electrons. The molecule has 12 nitrogen and oxygen atoms in total. The van der Waals surface area contributed by atoms with E-state index in [0.29, 0.717) is 24.5 Å². The van der Waals surface area contributed by atoms with Crippen molar-refractivity contribution in [1.82, 2.24) is 20.9 Å². The predicted octanol–water partition coefficient (Wildman–Crippen LogP) is 7.86. The van der Waals surface area contributed by atoms with E-state index in [0.717, 1.165) is 22.3 Å². The molecule has 0 aromatic heterocycles. The first-order valence-electron chi connectivity index (χ1n) is 20.0. The minimum Gasteiger partial charge on any atom is -0.488 e. The first-order valence-corrected chi connectivity index (χ1v) is 20.0. The summed E-state index contributed by atoms with van der Waals surface area (Å²) in [5.74, 6) is 0.603. The van der Waals surface area contributed by atoms with Crippen molar-refractivity contribution < 1.29 is 38.1 Å². The van der Waals surface area contributed by atoms with Gasteiger partial charge in [-0.2, -0.15) is 0 Å². The third kappa shape index (κ3) is 14.9. The number of carbonyl (C=O) groups excluding carboxylic acids is 4. The van der Waals surface area contributed by atoms with Crippen LogP contribution in [-0.2, 0) is 38.3 Å². The Morgan fingerprint density at radius 1 is 0.621 bits per heavy atom. The average Bonchev–Trinajstić information content (AvgIpc) is 3.08. The zero-order valence-electron chi connectivity index (χ0n) is 36.4. The van der Waals surface area contributed by atoms with Crippen LogP contribution in [0.5, 0.6) is 11.5 Å². The minimum absolute atomic E-state index is 0.0461. The summed E-state index contributed by atoms with van der Waals surface area (Å²) in [5, 5.41) is 8.64. The molecule has 0 saturated carbocycles. The van der Waals surface area contributed by atoms with Gasteiger partial charge in [0.2, 0.25) is 11.8 Å². The number of ether oxygens (including phenoxy) is 4. The molecule has 1 unspecified atom stereocenters. The van der Waals surface area contributed by atoms with Crippen molar-refractivity contribution in [3.8, 4) is 11.5 Å². The number of hydrogen-bond donors (Lipinski definition) is 3. The highest BCUT2D eigenvalue weighted by Gasteiger charge is 2.37. The maximum absolute atomic E-state index is 14.7. The molecule has 3 aromatic carbocycles. The molecular formula is C46H64N4O8. The molecule has 3 N–H and O–H groups in total. The number of hydrogen-bond acceptors (Lipinski definition) is 8. The van der Waals surface area contributed by atoms with E-state index in [1.54, 1.807) is 46.4 Å². The van der Waals surface area contributed by atoms with E-state index < -0.39 is 47.4 Å². The van der Waals surface area contributed by atoms with Crippen LogP contribution in [0.3, 0.4) is 0 Å². The lowest BCUT2D eigenvalue weighted by Gasteiger charge is -2.39. The monoisotopic (exact) mass is 800 g/mol. The van der Waals surface area contributed by atoms with Crippen LogP contribution in [0.25, 0.3) is 0 Å². The van der Waals surface area contributed by atoms with Gasteiger partial charge in [-0.05, 0) is 136 Å². The van der Waals surface area contributed by atoms with Crippen LogP contribution in [-0.4, -0.2) is 76.5 Å². The van der Waals surface area contributed by atoms with E-state index in [1.807, 2.05) is 114 Å². The first-order chi connectivity index (χ1) is 26.8. The third-order valence-corrected chi connectivity index (χ3v) is 8.74. The molecule has 0 spiro atoms. The molecule has 3 atom stereocenters. The van der Waals surface area contributed by atoms with Gasteiger partial charge in [-0.25, -0.2) is 9.59 Å². The van der Waals surface area contributed by atoms with Crippen molar-refractivity contribution in [2.24, 2.45) is 0 Å². The van der Waals surface area contributed by atoms with Crippen molar-refractivity contribution >= 4 is 24.0 Å². The topological polar surface area (TPSA) is 145 Å².